The Morgan fingerprint density at radius 2 is 2.08 bits per heavy atom. The van der Waals surface area contributed by atoms with E-state index in [-0.39, 0.29) is 17.3 Å². The predicted octanol–water partition coefficient (Wildman–Crippen LogP) is 3.59. The van der Waals surface area contributed by atoms with Crippen molar-refractivity contribution in [2.45, 2.75) is 37.3 Å². The lowest BCUT2D eigenvalue weighted by atomic mass is 10.0. The van der Waals surface area contributed by atoms with Crippen molar-refractivity contribution < 1.29 is 9.53 Å². The average molecular weight is 342 g/mol. The number of fused-ring (bicyclic) bond motifs is 1. The molecule has 4 nitrogen and oxygen atoms in total. The number of hydrogen-bond acceptors (Lipinski definition) is 4. The first-order chi connectivity index (χ1) is 11.4. The number of rotatable bonds is 6. The first kappa shape index (κ1) is 16.7. The highest BCUT2D eigenvalue weighted by Crippen LogP contribution is 2.35. The summed E-state index contributed by atoms with van der Waals surface area (Å²) in [4.78, 5) is 12.0. The van der Waals surface area contributed by atoms with Crippen LogP contribution in [0.2, 0.25) is 0 Å². The van der Waals surface area contributed by atoms with Gasteiger partial charge >= 0.3 is 0 Å². The Morgan fingerprint density at radius 1 is 1.29 bits per heavy atom. The highest BCUT2D eigenvalue weighted by atomic mass is 32.2. The Balaban J connectivity index is 1.68. The summed E-state index contributed by atoms with van der Waals surface area (Å²) in [6.07, 6.45) is 0.932. The van der Waals surface area contributed by atoms with E-state index in [0.717, 1.165) is 29.3 Å². The van der Waals surface area contributed by atoms with Gasteiger partial charge in [-0.05, 0) is 43.2 Å². The summed E-state index contributed by atoms with van der Waals surface area (Å²) in [5, 5.41) is 3.45. The third-order valence-electron chi connectivity index (χ3n) is 3.87. The summed E-state index contributed by atoms with van der Waals surface area (Å²) in [6.45, 7) is 4.94. The molecule has 3 N–H and O–H groups in total. The smallest absolute Gasteiger partial charge is 0.227 e. The van der Waals surface area contributed by atoms with Crippen molar-refractivity contribution in [3.8, 4) is 5.75 Å². The van der Waals surface area contributed by atoms with Crippen molar-refractivity contribution in [1.29, 1.82) is 0 Å². The third kappa shape index (κ3) is 4.03. The number of nitrogens with one attached hydrogen (secondary N) is 1. The molecule has 126 valence electrons. The molecule has 0 unspecified atom stereocenters. The zero-order valence-electron chi connectivity index (χ0n) is 14.0. The van der Waals surface area contributed by atoms with Crippen LogP contribution in [-0.4, -0.2) is 17.3 Å². The van der Waals surface area contributed by atoms with Gasteiger partial charge in [-0.3, -0.25) is 4.79 Å². The molecule has 3 rings (SSSR count). The normalized spacial score (nSPS) is 14.8. The number of hydrogen-bond donors (Lipinski definition) is 2. The summed E-state index contributed by atoms with van der Waals surface area (Å²) >= 11 is 1.45. The summed E-state index contributed by atoms with van der Waals surface area (Å²) in [5.74, 6) is 0.960. The molecule has 0 spiro atoms. The maximum absolute atomic E-state index is 11.0. The van der Waals surface area contributed by atoms with Crippen LogP contribution in [0.25, 0.3) is 0 Å². The van der Waals surface area contributed by atoms with Gasteiger partial charge in [0.25, 0.3) is 0 Å². The summed E-state index contributed by atoms with van der Waals surface area (Å²) in [6, 6.07) is 14.3. The lowest BCUT2D eigenvalue weighted by Crippen LogP contribution is -2.24. The molecule has 0 saturated heterocycles. The molecule has 5 heteroatoms. The first-order valence-corrected chi connectivity index (χ1v) is 8.96. The van der Waals surface area contributed by atoms with Gasteiger partial charge in [-0.1, -0.05) is 24.3 Å². The van der Waals surface area contributed by atoms with Crippen LogP contribution >= 0.6 is 11.8 Å². The number of thioether (sulfide) groups is 1. The molecule has 0 atom stereocenters. The molecule has 0 saturated carbocycles. The molecule has 1 heterocycles. The van der Waals surface area contributed by atoms with E-state index in [9.17, 15) is 4.79 Å². The molecular formula is C19H22N2O2S. The van der Waals surface area contributed by atoms with Gasteiger partial charge in [0.2, 0.25) is 5.91 Å². The second-order valence-electron chi connectivity index (χ2n) is 6.59. The first-order valence-electron chi connectivity index (χ1n) is 7.98. The molecule has 0 radical (unpaired) electrons. The molecular weight excluding hydrogens is 320 g/mol. The molecule has 1 amide bonds. The zero-order valence-corrected chi connectivity index (χ0v) is 14.8. The van der Waals surface area contributed by atoms with Crippen LogP contribution in [0.5, 0.6) is 5.75 Å². The molecule has 24 heavy (non-hydrogen) atoms. The topological polar surface area (TPSA) is 64.3 Å². The van der Waals surface area contributed by atoms with E-state index in [2.05, 4.69) is 37.4 Å². The van der Waals surface area contributed by atoms with Gasteiger partial charge in [-0.2, -0.15) is 0 Å². The van der Waals surface area contributed by atoms with Crippen molar-refractivity contribution >= 4 is 23.4 Å². The van der Waals surface area contributed by atoms with Gasteiger partial charge in [0.15, 0.2) is 0 Å². The lowest BCUT2D eigenvalue weighted by Gasteiger charge is -2.16. The number of anilines is 1. The van der Waals surface area contributed by atoms with Crippen molar-refractivity contribution in [3.63, 3.8) is 0 Å². The monoisotopic (exact) mass is 342 g/mol. The summed E-state index contributed by atoms with van der Waals surface area (Å²) in [5.41, 5.74) is 8.61. The predicted molar refractivity (Wildman–Crippen MR) is 98.5 cm³/mol. The van der Waals surface area contributed by atoms with Gasteiger partial charge < -0.3 is 15.8 Å². The van der Waals surface area contributed by atoms with Crippen LogP contribution in [0, 0.1) is 0 Å². The van der Waals surface area contributed by atoms with Crippen LogP contribution < -0.4 is 15.8 Å². The molecule has 1 aliphatic rings. The van der Waals surface area contributed by atoms with E-state index in [1.54, 1.807) is 0 Å². The van der Waals surface area contributed by atoms with E-state index >= 15 is 0 Å². The van der Waals surface area contributed by atoms with Crippen LogP contribution in [0.1, 0.15) is 25.0 Å². The standard InChI is InChI=1S/C19H22N2O2S/c1-19(2)10-14-9-13(7-8-16(14)23-19)11-21-15-5-3-4-6-17(15)24-12-18(20)22/h3-9,21H,10-12H2,1-2H3,(H2,20,22). The molecule has 0 aromatic heterocycles. The largest absolute Gasteiger partial charge is 0.487 e. The van der Waals surface area contributed by atoms with Crippen molar-refractivity contribution in [3.05, 3.63) is 53.6 Å². The Kier molecular flexibility index (Phi) is 4.71. The van der Waals surface area contributed by atoms with Gasteiger partial charge in [0, 0.05) is 23.5 Å². The number of primary amides is 1. The van der Waals surface area contributed by atoms with Gasteiger partial charge in [-0.15, -0.1) is 11.8 Å². The zero-order chi connectivity index (χ0) is 17.2. The third-order valence-corrected chi connectivity index (χ3v) is 4.96. The summed E-state index contributed by atoms with van der Waals surface area (Å²) < 4.78 is 5.92. The van der Waals surface area contributed by atoms with Gasteiger partial charge in [-0.25, -0.2) is 0 Å². The Hall–Kier alpha value is -2.14. The van der Waals surface area contributed by atoms with E-state index in [1.807, 2.05) is 24.3 Å². The summed E-state index contributed by atoms with van der Waals surface area (Å²) in [7, 11) is 0. The number of carbonyl (C=O) groups is 1. The second-order valence-corrected chi connectivity index (χ2v) is 7.60. The fraction of sp³-hybridized carbons (Fsp3) is 0.316. The van der Waals surface area contributed by atoms with E-state index < -0.39 is 0 Å². The highest BCUT2D eigenvalue weighted by molar-refractivity contribution is 8.00. The van der Waals surface area contributed by atoms with Gasteiger partial charge in [0.1, 0.15) is 11.4 Å². The maximum atomic E-state index is 11.0. The molecule has 2 aromatic rings. The SMILES string of the molecule is CC1(C)Cc2cc(CNc3ccccc3SCC(N)=O)ccc2O1. The maximum Gasteiger partial charge on any atom is 0.227 e. The highest BCUT2D eigenvalue weighted by Gasteiger charge is 2.29. The number of carbonyl (C=O) groups excluding carboxylic acids is 1. The Bertz CT molecular complexity index is 759. The van der Waals surface area contributed by atoms with Crippen LogP contribution in [0.3, 0.4) is 0 Å². The number of ether oxygens (including phenoxy) is 1. The van der Waals surface area contributed by atoms with E-state index in [4.69, 9.17) is 10.5 Å². The van der Waals surface area contributed by atoms with Gasteiger partial charge in [0.05, 0.1) is 5.75 Å². The van der Waals surface area contributed by atoms with Crippen molar-refractivity contribution in [1.82, 2.24) is 0 Å². The van der Waals surface area contributed by atoms with Crippen LogP contribution in [0.4, 0.5) is 5.69 Å². The minimum Gasteiger partial charge on any atom is -0.487 e. The number of amides is 1. The molecule has 2 aromatic carbocycles. The van der Waals surface area contributed by atoms with Crippen LogP contribution in [0.15, 0.2) is 47.4 Å². The van der Waals surface area contributed by atoms with E-state index in [1.165, 1.54) is 22.9 Å². The molecule has 0 bridgehead atoms. The fourth-order valence-electron chi connectivity index (χ4n) is 2.86. The number of nitrogens with two attached hydrogens (primary N) is 1. The molecule has 0 aliphatic carbocycles. The van der Waals surface area contributed by atoms with E-state index in [0.29, 0.717) is 0 Å². The number of benzene rings is 2. The Labute approximate surface area is 146 Å². The quantitative estimate of drug-likeness (QED) is 0.788. The van der Waals surface area contributed by atoms with Crippen molar-refractivity contribution in [2.75, 3.05) is 11.1 Å². The van der Waals surface area contributed by atoms with Crippen molar-refractivity contribution in [2.24, 2.45) is 5.73 Å². The second kappa shape index (κ2) is 6.77. The minimum absolute atomic E-state index is 0.119. The average Bonchev–Trinajstić information content (AvgIpc) is 2.84. The number of para-hydroxylation sites is 1. The van der Waals surface area contributed by atoms with Crippen LogP contribution in [-0.2, 0) is 17.8 Å². The lowest BCUT2D eigenvalue weighted by molar-refractivity contribution is -0.115. The molecule has 1 aliphatic heterocycles. The molecule has 0 fully saturated rings. The fourth-order valence-corrected chi connectivity index (χ4v) is 3.63. The Morgan fingerprint density at radius 3 is 2.88 bits per heavy atom. The minimum atomic E-state index is -0.309.